The smallest absolute Gasteiger partial charge is 0.256 e. The summed E-state index contributed by atoms with van der Waals surface area (Å²) in [6, 6.07) is 0. The fraction of sp³-hybridized carbons (Fsp3) is 0.625. The molecule has 1 saturated carbocycles. The van der Waals surface area contributed by atoms with Gasteiger partial charge in [0.15, 0.2) is 0 Å². The third-order valence-corrected chi connectivity index (χ3v) is 4.60. The number of anilines is 1. The summed E-state index contributed by atoms with van der Waals surface area (Å²) >= 11 is 0. The molecular weight excluding hydrogens is 202 g/mol. The summed E-state index contributed by atoms with van der Waals surface area (Å²) in [6.45, 7) is 0. The van der Waals surface area contributed by atoms with Crippen molar-refractivity contribution in [1.82, 2.24) is 9.19 Å². The third-order valence-electron chi connectivity index (χ3n) is 2.56. The maximum Gasteiger partial charge on any atom is 0.256 e. The number of nitrogen functional groups attached to an aromatic ring is 1. The molecule has 0 atom stereocenters. The first-order valence-corrected chi connectivity index (χ1v) is 6.15. The van der Waals surface area contributed by atoms with Gasteiger partial charge >= 0.3 is 0 Å². The molecule has 0 spiro atoms. The SMILES string of the molecule is Nc1cnn(S(=O)(=O)C2CCCC2)c1. The molecule has 1 aliphatic rings. The highest BCUT2D eigenvalue weighted by Crippen LogP contribution is 2.25. The molecule has 1 aromatic heterocycles. The van der Waals surface area contributed by atoms with E-state index in [1.807, 2.05) is 0 Å². The third kappa shape index (κ3) is 1.50. The first-order chi connectivity index (χ1) is 6.60. The lowest BCUT2D eigenvalue weighted by Gasteiger charge is -2.09. The van der Waals surface area contributed by atoms with E-state index in [4.69, 9.17) is 5.73 Å². The molecule has 0 aliphatic heterocycles. The molecule has 1 aliphatic carbocycles. The van der Waals surface area contributed by atoms with Gasteiger partial charge in [0.05, 0.1) is 23.3 Å². The predicted octanol–water partition coefficient (Wildman–Crippen LogP) is 0.586. The predicted molar refractivity (Wildman–Crippen MR) is 53.2 cm³/mol. The minimum absolute atomic E-state index is 0.276. The molecule has 0 unspecified atom stereocenters. The fourth-order valence-corrected chi connectivity index (χ4v) is 3.48. The molecular formula is C8H13N3O2S. The monoisotopic (exact) mass is 215 g/mol. The zero-order valence-electron chi connectivity index (χ0n) is 7.76. The van der Waals surface area contributed by atoms with E-state index in [-0.39, 0.29) is 5.25 Å². The Bertz CT molecular complexity index is 418. The molecule has 5 nitrogen and oxygen atoms in total. The van der Waals surface area contributed by atoms with Crippen molar-refractivity contribution in [1.29, 1.82) is 0 Å². The lowest BCUT2D eigenvalue weighted by atomic mass is 10.4. The molecule has 14 heavy (non-hydrogen) atoms. The topological polar surface area (TPSA) is 78.0 Å². The maximum atomic E-state index is 11.9. The maximum absolute atomic E-state index is 11.9. The first-order valence-electron chi connectivity index (χ1n) is 4.65. The van der Waals surface area contributed by atoms with Crippen LogP contribution in [0.1, 0.15) is 25.7 Å². The van der Waals surface area contributed by atoms with Crippen LogP contribution >= 0.6 is 0 Å². The Labute approximate surface area is 83.0 Å². The Kier molecular flexibility index (Phi) is 2.22. The molecule has 2 rings (SSSR count). The number of rotatable bonds is 2. The quantitative estimate of drug-likeness (QED) is 0.783. The summed E-state index contributed by atoms with van der Waals surface area (Å²) in [7, 11) is -3.29. The molecule has 6 heteroatoms. The van der Waals surface area contributed by atoms with Crippen molar-refractivity contribution in [3.63, 3.8) is 0 Å². The van der Waals surface area contributed by atoms with Crippen molar-refractivity contribution in [3.05, 3.63) is 12.4 Å². The van der Waals surface area contributed by atoms with Crippen molar-refractivity contribution < 1.29 is 8.42 Å². The van der Waals surface area contributed by atoms with Crippen LogP contribution in [0.5, 0.6) is 0 Å². The molecule has 78 valence electrons. The molecule has 2 N–H and O–H groups in total. The highest BCUT2D eigenvalue weighted by molar-refractivity contribution is 7.90. The Morgan fingerprint density at radius 1 is 1.43 bits per heavy atom. The number of hydrogen-bond acceptors (Lipinski definition) is 4. The minimum Gasteiger partial charge on any atom is -0.396 e. The van der Waals surface area contributed by atoms with Gasteiger partial charge in [-0.1, -0.05) is 12.8 Å². The van der Waals surface area contributed by atoms with E-state index in [0.717, 1.165) is 29.8 Å². The zero-order chi connectivity index (χ0) is 10.2. The lowest BCUT2D eigenvalue weighted by molar-refractivity contribution is 0.563. The summed E-state index contributed by atoms with van der Waals surface area (Å²) in [4.78, 5) is 0. The van der Waals surface area contributed by atoms with Gasteiger partial charge in [0, 0.05) is 0 Å². The van der Waals surface area contributed by atoms with E-state index in [1.54, 1.807) is 0 Å². The Morgan fingerprint density at radius 3 is 2.57 bits per heavy atom. The second-order valence-electron chi connectivity index (χ2n) is 3.60. The van der Waals surface area contributed by atoms with Crippen LogP contribution in [0.2, 0.25) is 0 Å². The van der Waals surface area contributed by atoms with E-state index in [1.165, 1.54) is 12.4 Å². The second-order valence-corrected chi connectivity index (χ2v) is 5.67. The van der Waals surface area contributed by atoms with Crippen LogP contribution < -0.4 is 5.73 Å². The van der Waals surface area contributed by atoms with Gasteiger partial charge in [-0.2, -0.15) is 9.19 Å². The van der Waals surface area contributed by atoms with E-state index in [2.05, 4.69) is 5.10 Å². The van der Waals surface area contributed by atoms with E-state index < -0.39 is 10.0 Å². The van der Waals surface area contributed by atoms with Gasteiger partial charge in [-0.05, 0) is 12.8 Å². The summed E-state index contributed by atoms with van der Waals surface area (Å²) in [5.74, 6) is 0. The number of nitrogens with zero attached hydrogens (tertiary/aromatic N) is 2. The summed E-state index contributed by atoms with van der Waals surface area (Å²) in [6.07, 6.45) is 6.16. The van der Waals surface area contributed by atoms with Crippen LogP contribution in [0.3, 0.4) is 0 Å². The van der Waals surface area contributed by atoms with Gasteiger partial charge in [-0.15, -0.1) is 0 Å². The standard InChI is InChI=1S/C8H13N3O2S/c9-7-5-10-11(6-7)14(12,13)8-3-1-2-4-8/h5-6,8H,1-4,9H2. The van der Waals surface area contributed by atoms with Crippen LogP contribution in [0.25, 0.3) is 0 Å². The molecule has 0 amide bonds. The van der Waals surface area contributed by atoms with Gasteiger partial charge < -0.3 is 5.73 Å². The van der Waals surface area contributed by atoms with Crippen LogP contribution in [-0.4, -0.2) is 22.9 Å². The van der Waals surface area contributed by atoms with Crippen LogP contribution in [-0.2, 0) is 10.0 Å². The fourth-order valence-electron chi connectivity index (χ4n) is 1.80. The average Bonchev–Trinajstić information content (AvgIpc) is 2.72. The van der Waals surface area contributed by atoms with Crippen molar-refractivity contribution in [2.75, 3.05) is 5.73 Å². The van der Waals surface area contributed by atoms with Gasteiger partial charge in [0.1, 0.15) is 0 Å². The Hall–Kier alpha value is -1.04. The van der Waals surface area contributed by atoms with Crippen molar-refractivity contribution in [3.8, 4) is 0 Å². The second kappa shape index (κ2) is 3.27. The van der Waals surface area contributed by atoms with E-state index in [0.29, 0.717) is 5.69 Å². The Morgan fingerprint density at radius 2 is 2.07 bits per heavy atom. The minimum atomic E-state index is -3.29. The normalized spacial score (nSPS) is 18.9. The number of nitrogens with two attached hydrogens (primary N) is 1. The van der Waals surface area contributed by atoms with E-state index >= 15 is 0 Å². The summed E-state index contributed by atoms with van der Waals surface area (Å²) < 4.78 is 24.8. The first kappa shape index (κ1) is 9.51. The van der Waals surface area contributed by atoms with Crippen LogP contribution in [0.4, 0.5) is 5.69 Å². The molecule has 0 saturated heterocycles. The zero-order valence-corrected chi connectivity index (χ0v) is 8.57. The summed E-state index contributed by atoms with van der Waals surface area (Å²) in [5, 5.41) is 3.46. The molecule has 1 aromatic rings. The van der Waals surface area contributed by atoms with Gasteiger partial charge in [0.25, 0.3) is 10.0 Å². The van der Waals surface area contributed by atoms with Gasteiger partial charge in [0.2, 0.25) is 0 Å². The molecule has 0 bridgehead atoms. The van der Waals surface area contributed by atoms with Crippen molar-refractivity contribution in [2.24, 2.45) is 0 Å². The highest BCUT2D eigenvalue weighted by atomic mass is 32.2. The van der Waals surface area contributed by atoms with Crippen molar-refractivity contribution in [2.45, 2.75) is 30.9 Å². The van der Waals surface area contributed by atoms with Crippen LogP contribution in [0, 0.1) is 0 Å². The van der Waals surface area contributed by atoms with Crippen LogP contribution in [0.15, 0.2) is 12.4 Å². The average molecular weight is 215 g/mol. The van der Waals surface area contributed by atoms with Gasteiger partial charge in [-0.25, -0.2) is 8.42 Å². The molecule has 0 aromatic carbocycles. The highest BCUT2D eigenvalue weighted by Gasteiger charge is 2.30. The summed E-state index contributed by atoms with van der Waals surface area (Å²) in [5.41, 5.74) is 5.81. The lowest BCUT2D eigenvalue weighted by Crippen LogP contribution is -2.25. The number of aromatic nitrogens is 2. The Balaban J connectivity index is 2.32. The molecule has 1 heterocycles. The largest absolute Gasteiger partial charge is 0.396 e. The van der Waals surface area contributed by atoms with Crippen molar-refractivity contribution >= 4 is 15.7 Å². The molecule has 0 radical (unpaired) electrons. The van der Waals surface area contributed by atoms with E-state index in [9.17, 15) is 8.42 Å². The number of hydrogen-bond donors (Lipinski definition) is 1. The van der Waals surface area contributed by atoms with Gasteiger partial charge in [-0.3, -0.25) is 0 Å². The molecule has 1 fully saturated rings.